The van der Waals surface area contributed by atoms with Gasteiger partial charge in [0.1, 0.15) is 0 Å². The van der Waals surface area contributed by atoms with Gasteiger partial charge in [-0.2, -0.15) is 0 Å². The fraction of sp³-hybridized carbons (Fsp3) is 0.278. The Hall–Kier alpha value is -1.78. The summed E-state index contributed by atoms with van der Waals surface area (Å²) in [5.74, 6) is 0. The molecule has 0 aromatic heterocycles. The van der Waals surface area contributed by atoms with Gasteiger partial charge in [-0.3, -0.25) is 0 Å². The molecule has 0 amide bonds. The van der Waals surface area contributed by atoms with Crippen molar-refractivity contribution < 1.29 is 0 Å². The van der Waals surface area contributed by atoms with Crippen LogP contribution in [0.1, 0.15) is 5.56 Å². The fourth-order valence-electron chi connectivity index (χ4n) is 2.77. The summed E-state index contributed by atoms with van der Waals surface area (Å²) >= 11 is 11.6. The van der Waals surface area contributed by atoms with E-state index in [0.717, 1.165) is 47.6 Å². The summed E-state index contributed by atoms with van der Waals surface area (Å²) < 4.78 is 0. The molecular weight excluding hydrogens is 326 g/mol. The minimum Gasteiger partial charge on any atom is -0.368 e. The molecule has 1 aliphatic rings. The molecule has 1 fully saturated rings. The average molecular weight is 346 g/mol. The Morgan fingerprint density at radius 2 is 1.74 bits per heavy atom. The topological polar surface area (TPSA) is 18.5 Å². The van der Waals surface area contributed by atoms with Gasteiger partial charge in [0.05, 0.1) is 0 Å². The standard InChI is InChI=1S/C18H20ClN3S/c1-14-13-15(19)7-8-17(14)20-18(23)22-11-9-21(10-12-22)16-5-3-2-4-6-16/h2-8,13H,9-12H2,1H3,(H,20,23). The molecule has 1 aliphatic heterocycles. The highest BCUT2D eigenvalue weighted by atomic mass is 35.5. The van der Waals surface area contributed by atoms with Crippen LogP contribution in [0.3, 0.4) is 0 Å². The maximum Gasteiger partial charge on any atom is 0.173 e. The Kier molecular flexibility index (Phi) is 5.03. The molecule has 1 N–H and O–H groups in total. The van der Waals surface area contributed by atoms with Gasteiger partial charge in [-0.05, 0) is 55.0 Å². The second kappa shape index (κ2) is 7.20. The second-order valence-electron chi connectivity index (χ2n) is 5.70. The van der Waals surface area contributed by atoms with Crippen molar-refractivity contribution in [1.29, 1.82) is 0 Å². The van der Waals surface area contributed by atoms with E-state index >= 15 is 0 Å². The summed E-state index contributed by atoms with van der Waals surface area (Å²) in [5.41, 5.74) is 3.40. The maximum atomic E-state index is 6.00. The molecule has 0 radical (unpaired) electrons. The molecule has 23 heavy (non-hydrogen) atoms. The lowest BCUT2D eigenvalue weighted by Gasteiger charge is -2.37. The normalized spacial score (nSPS) is 14.7. The molecule has 120 valence electrons. The zero-order chi connectivity index (χ0) is 16.2. The molecule has 1 heterocycles. The summed E-state index contributed by atoms with van der Waals surface area (Å²) in [7, 11) is 0. The first kappa shape index (κ1) is 16.1. The van der Waals surface area contributed by atoms with Crippen LogP contribution >= 0.6 is 23.8 Å². The minimum absolute atomic E-state index is 0.746. The predicted molar refractivity (Wildman–Crippen MR) is 103 cm³/mol. The first-order valence-electron chi connectivity index (χ1n) is 7.75. The van der Waals surface area contributed by atoms with Gasteiger partial charge in [0.15, 0.2) is 5.11 Å². The van der Waals surface area contributed by atoms with Gasteiger partial charge in [0, 0.05) is 42.6 Å². The van der Waals surface area contributed by atoms with Gasteiger partial charge < -0.3 is 15.1 Å². The number of hydrogen-bond donors (Lipinski definition) is 1. The number of para-hydroxylation sites is 1. The Morgan fingerprint density at radius 1 is 1.04 bits per heavy atom. The number of anilines is 2. The molecule has 5 heteroatoms. The predicted octanol–water partition coefficient (Wildman–Crippen LogP) is 4.17. The quantitative estimate of drug-likeness (QED) is 0.823. The number of piperazine rings is 1. The van der Waals surface area contributed by atoms with Crippen molar-refractivity contribution in [3.63, 3.8) is 0 Å². The number of halogens is 1. The molecule has 0 bridgehead atoms. The fourth-order valence-corrected chi connectivity index (χ4v) is 3.29. The van der Waals surface area contributed by atoms with E-state index in [-0.39, 0.29) is 0 Å². The summed E-state index contributed by atoms with van der Waals surface area (Å²) in [6.45, 7) is 5.84. The van der Waals surface area contributed by atoms with Crippen LogP contribution in [0.4, 0.5) is 11.4 Å². The molecule has 3 nitrogen and oxygen atoms in total. The maximum absolute atomic E-state index is 6.00. The average Bonchev–Trinajstić information content (AvgIpc) is 2.58. The Morgan fingerprint density at radius 3 is 2.39 bits per heavy atom. The van der Waals surface area contributed by atoms with Crippen molar-refractivity contribution >= 4 is 40.3 Å². The van der Waals surface area contributed by atoms with E-state index in [1.54, 1.807) is 0 Å². The van der Waals surface area contributed by atoms with Crippen molar-refractivity contribution in [3.8, 4) is 0 Å². The van der Waals surface area contributed by atoms with Crippen molar-refractivity contribution in [1.82, 2.24) is 4.90 Å². The van der Waals surface area contributed by atoms with Crippen LogP contribution in [0.15, 0.2) is 48.5 Å². The number of nitrogens with zero attached hydrogens (tertiary/aromatic N) is 2. The third kappa shape index (κ3) is 3.95. The van der Waals surface area contributed by atoms with E-state index in [1.807, 2.05) is 31.2 Å². The van der Waals surface area contributed by atoms with Gasteiger partial charge in [0.2, 0.25) is 0 Å². The van der Waals surface area contributed by atoms with Gasteiger partial charge in [-0.1, -0.05) is 29.8 Å². The van der Waals surface area contributed by atoms with E-state index < -0.39 is 0 Å². The third-order valence-corrected chi connectivity index (χ3v) is 4.71. The summed E-state index contributed by atoms with van der Waals surface area (Å²) in [6, 6.07) is 16.3. The molecule has 0 atom stereocenters. The Labute approximate surface area is 147 Å². The number of rotatable bonds is 2. The van der Waals surface area contributed by atoms with Crippen LogP contribution in [0.25, 0.3) is 0 Å². The van der Waals surface area contributed by atoms with Crippen LogP contribution in [-0.4, -0.2) is 36.2 Å². The molecular formula is C18H20ClN3S. The summed E-state index contributed by atoms with van der Waals surface area (Å²) in [4.78, 5) is 4.62. The van der Waals surface area contributed by atoms with Crippen molar-refractivity contribution in [3.05, 3.63) is 59.1 Å². The summed E-state index contributed by atoms with van der Waals surface area (Å²) in [6.07, 6.45) is 0. The molecule has 1 saturated heterocycles. The molecule has 2 aromatic rings. The van der Waals surface area contributed by atoms with Crippen molar-refractivity contribution in [2.75, 3.05) is 36.4 Å². The van der Waals surface area contributed by atoms with Crippen molar-refractivity contribution in [2.45, 2.75) is 6.92 Å². The molecule has 0 unspecified atom stereocenters. The SMILES string of the molecule is Cc1cc(Cl)ccc1NC(=S)N1CCN(c2ccccc2)CC1. The first-order chi connectivity index (χ1) is 11.1. The number of thiocarbonyl (C=S) groups is 1. The number of benzene rings is 2. The van der Waals surface area contributed by atoms with Crippen LogP contribution in [-0.2, 0) is 0 Å². The number of nitrogens with one attached hydrogen (secondary N) is 1. The largest absolute Gasteiger partial charge is 0.368 e. The minimum atomic E-state index is 0.746. The number of hydrogen-bond acceptors (Lipinski definition) is 2. The summed E-state index contributed by atoms with van der Waals surface area (Å²) in [5, 5.41) is 4.87. The molecule has 0 saturated carbocycles. The van der Waals surface area contributed by atoms with E-state index in [1.165, 1.54) is 5.69 Å². The monoisotopic (exact) mass is 345 g/mol. The van der Waals surface area contributed by atoms with Gasteiger partial charge in [-0.25, -0.2) is 0 Å². The lowest BCUT2D eigenvalue weighted by Crippen LogP contribution is -2.50. The third-order valence-electron chi connectivity index (χ3n) is 4.12. The smallest absolute Gasteiger partial charge is 0.173 e. The van der Waals surface area contributed by atoms with Crippen LogP contribution in [0.5, 0.6) is 0 Å². The first-order valence-corrected chi connectivity index (χ1v) is 8.54. The molecule has 0 spiro atoms. The molecule has 3 rings (SSSR count). The number of aryl methyl sites for hydroxylation is 1. The Balaban J connectivity index is 1.58. The molecule has 0 aliphatic carbocycles. The lowest BCUT2D eigenvalue weighted by atomic mass is 10.2. The van der Waals surface area contributed by atoms with E-state index in [0.29, 0.717) is 0 Å². The second-order valence-corrected chi connectivity index (χ2v) is 6.52. The highest BCUT2D eigenvalue weighted by Gasteiger charge is 2.19. The lowest BCUT2D eigenvalue weighted by molar-refractivity contribution is 0.391. The zero-order valence-corrected chi connectivity index (χ0v) is 14.7. The van der Waals surface area contributed by atoms with Crippen LogP contribution < -0.4 is 10.2 Å². The Bertz CT molecular complexity index is 682. The molecule has 2 aromatic carbocycles. The van der Waals surface area contributed by atoms with Crippen molar-refractivity contribution in [2.24, 2.45) is 0 Å². The van der Waals surface area contributed by atoms with Gasteiger partial charge in [0.25, 0.3) is 0 Å². The van der Waals surface area contributed by atoms with Crippen LogP contribution in [0, 0.1) is 6.92 Å². The highest BCUT2D eigenvalue weighted by Crippen LogP contribution is 2.21. The van der Waals surface area contributed by atoms with Crippen LogP contribution in [0.2, 0.25) is 5.02 Å². The van der Waals surface area contributed by atoms with Gasteiger partial charge >= 0.3 is 0 Å². The zero-order valence-electron chi connectivity index (χ0n) is 13.1. The highest BCUT2D eigenvalue weighted by molar-refractivity contribution is 7.80. The van der Waals surface area contributed by atoms with E-state index in [2.05, 4.69) is 39.4 Å². The van der Waals surface area contributed by atoms with E-state index in [4.69, 9.17) is 23.8 Å². The van der Waals surface area contributed by atoms with Gasteiger partial charge in [-0.15, -0.1) is 0 Å². The van der Waals surface area contributed by atoms with E-state index in [9.17, 15) is 0 Å².